The highest BCUT2D eigenvalue weighted by molar-refractivity contribution is 6.58. The lowest BCUT2D eigenvalue weighted by Crippen LogP contribution is -2.30. The second kappa shape index (κ2) is 3.90. The van der Waals surface area contributed by atoms with Gasteiger partial charge in [0.2, 0.25) is 0 Å². The van der Waals surface area contributed by atoms with Crippen LogP contribution in [0.15, 0.2) is 18.2 Å². The van der Waals surface area contributed by atoms with Gasteiger partial charge in [-0.1, -0.05) is 26.0 Å². The van der Waals surface area contributed by atoms with E-state index in [0.717, 1.165) is 6.07 Å². The summed E-state index contributed by atoms with van der Waals surface area (Å²) in [6.07, 6.45) is 0. The third kappa shape index (κ3) is 2.29. The summed E-state index contributed by atoms with van der Waals surface area (Å²) in [5.74, 6) is -0.287. The van der Waals surface area contributed by atoms with E-state index < -0.39 is 7.12 Å². The van der Waals surface area contributed by atoms with Gasteiger partial charge < -0.3 is 10.0 Å². The molecule has 0 unspecified atom stereocenters. The second-order valence-electron chi connectivity index (χ2n) is 3.31. The molecule has 0 atom stereocenters. The first kappa shape index (κ1) is 10.2. The van der Waals surface area contributed by atoms with Crippen LogP contribution in [0.2, 0.25) is 0 Å². The highest BCUT2D eigenvalue weighted by atomic mass is 19.1. The average molecular weight is 182 g/mol. The van der Waals surface area contributed by atoms with Gasteiger partial charge in [0.1, 0.15) is 5.82 Å². The van der Waals surface area contributed by atoms with Crippen LogP contribution in [0.5, 0.6) is 0 Å². The largest absolute Gasteiger partial charge is 0.488 e. The number of halogens is 1. The van der Waals surface area contributed by atoms with Gasteiger partial charge in [0.15, 0.2) is 0 Å². The molecule has 0 aliphatic carbocycles. The van der Waals surface area contributed by atoms with Crippen LogP contribution < -0.4 is 5.46 Å². The van der Waals surface area contributed by atoms with Crippen LogP contribution in [-0.4, -0.2) is 17.2 Å². The number of hydrogen-bond donors (Lipinski definition) is 2. The van der Waals surface area contributed by atoms with E-state index in [9.17, 15) is 4.39 Å². The Bertz CT molecular complexity index is 300. The zero-order chi connectivity index (χ0) is 10.0. The van der Waals surface area contributed by atoms with E-state index in [0.29, 0.717) is 5.56 Å². The Hall–Kier alpha value is -0.865. The van der Waals surface area contributed by atoms with E-state index in [1.165, 1.54) is 6.07 Å². The molecule has 2 nitrogen and oxygen atoms in total. The molecule has 1 rings (SSSR count). The SMILES string of the molecule is CC(C)c1ccc(B(O)O)cc1F. The van der Waals surface area contributed by atoms with Crippen molar-refractivity contribution in [1.82, 2.24) is 0 Å². The highest BCUT2D eigenvalue weighted by Gasteiger charge is 2.14. The van der Waals surface area contributed by atoms with Crippen LogP contribution in [0.3, 0.4) is 0 Å². The predicted octanol–water partition coefficient (Wildman–Crippen LogP) is 0.629. The maximum Gasteiger partial charge on any atom is 0.488 e. The van der Waals surface area contributed by atoms with Crippen LogP contribution in [-0.2, 0) is 0 Å². The van der Waals surface area contributed by atoms with E-state index in [-0.39, 0.29) is 17.2 Å². The summed E-state index contributed by atoms with van der Waals surface area (Å²) >= 11 is 0. The molecule has 0 aliphatic rings. The van der Waals surface area contributed by atoms with Crippen molar-refractivity contribution in [2.24, 2.45) is 0 Å². The zero-order valence-corrected chi connectivity index (χ0v) is 7.66. The molecule has 0 amide bonds. The fourth-order valence-electron chi connectivity index (χ4n) is 1.17. The molecule has 0 aliphatic heterocycles. The van der Waals surface area contributed by atoms with Gasteiger partial charge in [-0.25, -0.2) is 4.39 Å². The third-order valence-electron chi connectivity index (χ3n) is 1.94. The molecular formula is C9H12BFO2. The maximum atomic E-state index is 13.2. The van der Waals surface area contributed by atoms with Crippen molar-refractivity contribution in [1.29, 1.82) is 0 Å². The van der Waals surface area contributed by atoms with Gasteiger partial charge in [0.05, 0.1) is 0 Å². The Labute approximate surface area is 77.2 Å². The van der Waals surface area contributed by atoms with E-state index in [1.807, 2.05) is 13.8 Å². The van der Waals surface area contributed by atoms with Gasteiger partial charge in [0.25, 0.3) is 0 Å². The maximum absolute atomic E-state index is 13.2. The molecule has 13 heavy (non-hydrogen) atoms. The Morgan fingerprint density at radius 3 is 2.31 bits per heavy atom. The van der Waals surface area contributed by atoms with Crippen molar-refractivity contribution < 1.29 is 14.4 Å². The Balaban J connectivity index is 3.06. The van der Waals surface area contributed by atoms with Gasteiger partial charge in [-0.2, -0.15) is 0 Å². The monoisotopic (exact) mass is 182 g/mol. The van der Waals surface area contributed by atoms with Gasteiger partial charge >= 0.3 is 7.12 Å². The fraction of sp³-hybridized carbons (Fsp3) is 0.333. The number of rotatable bonds is 2. The second-order valence-corrected chi connectivity index (χ2v) is 3.31. The summed E-state index contributed by atoms with van der Waals surface area (Å²) in [4.78, 5) is 0. The Morgan fingerprint density at radius 2 is 1.92 bits per heavy atom. The summed E-state index contributed by atoms with van der Waals surface area (Å²) in [5, 5.41) is 17.5. The van der Waals surface area contributed by atoms with Crippen molar-refractivity contribution in [3.05, 3.63) is 29.6 Å². The molecule has 4 heteroatoms. The standard InChI is InChI=1S/C9H12BFO2/c1-6(2)8-4-3-7(10(12)13)5-9(8)11/h3-6,12-13H,1-2H3. The smallest absolute Gasteiger partial charge is 0.423 e. The summed E-state index contributed by atoms with van der Waals surface area (Å²) in [6.45, 7) is 3.76. The number of hydrogen-bond acceptors (Lipinski definition) is 2. The van der Waals surface area contributed by atoms with E-state index in [2.05, 4.69) is 0 Å². The first-order valence-corrected chi connectivity index (χ1v) is 4.18. The van der Waals surface area contributed by atoms with Crippen molar-refractivity contribution in [3.8, 4) is 0 Å². The Kier molecular flexibility index (Phi) is 3.06. The quantitative estimate of drug-likeness (QED) is 0.658. The molecule has 70 valence electrons. The molecule has 1 aromatic carbocycles. The molecular weight excluding hydrogens is 170 g/mol. The lowest BCUT2D eigenvalue weighted by atomic mass is 9.79. The van der Waals surface area contributed by atoms with Crippen LogP contribution >= 0.6 is 0 Å². The fourth-order valence-corrected chi connectivity index (χ4v) is 1.17. The zero-order valence-electron chi connectivity index (χ0n) is 7.66. The van der Waals surface area contributed by atoms with Crippen LogP contribution in [0.1, 0.15) is 25.3 Å². The molecule has 0 spiro atoms. The minimum Gasteiger partial charge on any atom is -0.423 e. The molecule has 0 fully saturated rings. The predicted molar refractivity (Wildman–Crippen MR) is 50.3 cm³/mol. The molecule has 0 saturated carbocycles. The van der Waals surface area contributed by atoms with Gasteiger partial charge in [-0.15, -0.1) is 0 Å². The van der Waals surface area contributed by atoms with Crippen LogP contribution in [0, 0.1) is 5.82 Å². The minimum absolute atomic E-state index is 0.102. The first-order valence-electron chi connectivity index (χ1n) is 4.18. The highest BCUT2D eigenvalue weighted by Crippen LogP contribution is 2.16. The molecule has 0 radical (unpaired) electrons. The lowest BCUT2D eigenvalue weighted by molar-refractivity contribution is 0.425. The summed E-state index contributed by atoms with van der Waals surface area (Å²) < 4.78 is 13.2. The van der Waals surface area contributed by atoms with E-state index in [1.54, 1.807) is 6.07 Å². The van der Waals surface area contributed by atoms with Crippen molar-refractivity contribution >= 4 is 12.6 Å². The van der Waals surface area contributed by atoms with Gasteiger partial charge in [-0.05, 0) is 23.0 Å². The third-order valence-corrected chi connectivity index (χ3v) is 1.94. The normalized spacial score (nSPS) is 10.6. The Morgan fingerprint density at radius 1 is 1.31 bits per heavy atom. The molecule has 0 bridgehead atoms. The van der Waals surface area contributed by atoms with Crippen molar-refractivity contribution in [3.63, 3.8) is 0 Å². The minimum atomic E-state index is -1.60. The van der Waals surface area contributed by atoms with Gasteiger partial charge in [0, 0.05) is 0 Å². The molecule has 2 N–H and O–H groups in total. The molecule has 1 aromatic rings. The lowest BCUT2D eigenvalue weighted by Gasteiger charge is -2.08. The van der Waals surface area contributed by atoms with E-state index in [4.69, 9.17) is 10.0 Å². The summed E-state index contributed by atoms with van der Waals surface area (Å²) in [6, 6.07) is 4.25. The van der Waals surface area contributed by atoms with Crippen LogP contribution in [0.25, 0.3) is 0 Å². The molecule has 0 heterocycles. The summed E-state index contributed by atoms with van der Waals surface area (Å²) in [7, 11) is -1.60. The van der Waals surface area contributed by atoms with Crippen LogP contribution in [0.4, 0.5) is 4.39 Å². The first-order chi connectivity index (χ1) is 6.02. The van der Waals surface area contributed by atoms with E-state index >= 15 is 0 Å². The van der Waals surface area contributed by atoms with Crippen molar-refractivity contribution in [2.75, 3.05) is 0 Å². The number of benzene rings is 1. The topological polar surface area (TPSA) is 40.5 Å². The molecule has 0 saturated heterocycles. The average Bonchev–Trinajstić information content (AvgIpc) is 2.03. The summed E-state index contributed by atoms with van der Waals surface area (Å²) in [5.41, 5.74) is 0.770. The van der Waals surface area contributed by atoms with Gasteiger partial charge in [-0.3, -0.25) is 0 Å². The van der Waals surface area contributed by atoms with Crippen molar-refractivity contribution in [2.45, 2.75) is 19.8 Å². The molecule has 0 aromatic heterocycles.